The van der Waals surface area contributed by atoms with E-state index < -0.39 is 28.5 Å². The summed E-state index contributed by atoms with van der Waals surface area (Å²) in [4.78, 5) is 29.0. The predicted octanol–water partition coefficient (Wildman–Crippen LogP) is 5.57. The molecule has 1 atom stereocenters. The van der Waals surface area contributed by atoms with Crippen molar-refractivity contribution in [3.63, 3.8) is 0 Å². The van der Waals surface area contributed by atoms with Crippen molar-refractivity contribution >= 4 is 43.5 Å². The molecule has 230 valence electrons. The van der Waals surface area contributed by atoms with Gasteiger partial charge in [0.1, 0.15) is 24.9 Å². The molecule has 8 nitrogen and oxygen atoms in total. The lowest BCUT2D eigenvalue weighted by molar-refractivity contribution is -0.140. The van der Waals surface area contributed by atoms with Crippen molar-refractivity contribution in [1.82, 2.24) is 10.2 Å². The number of nitrogens with one attached hydrogen (secondary N) is 1. The summed E-state index contributed by atoms with van der Waals surface area (Å²) in [6.07, 6.45) is 1.32. The van der Waals surface area contributed by atoms with Crippen LogP contribution in [0, 0.1) is 0 Å². The Balaban J connectivity index is 1.63. The molecule has 44 heavy (non-hydrogen) atoms. The quantitative estimate of drug-likeness (QED) is 0.188. The third-order valence-corrected chi connectivity index (χ3v) is 8.55. The van der Waals surface area contributed by atoms with Gasteiger partial charge in [0.15, 0.2) is 0 Å². The highest BCUT2D eigenvalue weighted by Crippen LogP contribution is 2.24. The first-order valence-electron chi connectivity index (χ1n) is 14.2. The summed E-state index contributed by atoms with van der Waals surface area (Å²) in [5.74, 6) is -0.259. The Morgan fingerprint density at radius 3 is 2.05 bits per heavy atom. The molecule has 0 spiro atoms. The fourth-order valence-corrected chi connectivity index (χ4v) is 6.04. The first kappa shape index (κ1) is 32.8. The van der Waals surface area contributed by atoms with Crippen molar-refractivity contribution in [2.45, 2.75) is 32.5 Å². The molecule has 0 heterocycles. The summed E-state index contributed by atoms with van der Waals surface area (Å²) < 4.78 is 33.8. The number of sulfonamides is 1. The van der Waals surface area contributed by atoms with Gasteiger partial charge in [-0.05, 0) is 60.0 Å². The number of ether oxygens (including phenoxy) is 1. The Labute approximate surface area is 267 Å². The largest absolute Gasteiger partial charge is 0.489 e. The highest BCUT2D eigenvalue weighted by atomic mass is 79.9. The Hall–Kier alpha value is -4.15. The van der Waals surface area contributed by atoms with Gasteiger partial charge in [-0.2, -0.15) is 0 Å². The summed E-state index contributed by atoms with van der Waals surface area (Å²) >= 11 is 3.48. The van der Waals surface area contributed by atoms with Crippen LogP contribution in [0.25, 0.3) is 0 Å². The maximum Gasteiger partial charge on any atom is 0.244 e. The monoisotopic (exact) mass is 677 g/mol. The van der Waals surface area contributed by atoms with Crippen LogP contribution in [0.4, 0.5) is 5.69 Å². The third kappa shape index (κ3) is 9.42. The first-order valence-corrected chi connectivity index (χ1v) is 16.9. The molecule has 1 unspecified atom stereocenters. The first-order chi connectivity index (χ1) is 21.1. The Morgan fingerprint density at radius 2 is 1.45 bits per heavy atom. The third-order valence-electron chi connectivity index (χ3n) is 6.92. The number of carbonyl (C=O) groups excluding carboxylic acids is 2. The number of likely N-dealkylation sites (N-methyl/N-ethyl adjacent to an activating group) is 1. The Morgan fingerprint density at radius 1 is 0.841 bits per heavy atom. The van der Waals surface area contributed by atoms with Crippen LogP contribution in [-0.2, 0) is 39.2 Å². The van der Waals surface area contributed by atoms with E-state index in [1.165, 1.54) is 4.90 Å². The number of benzene rings is 4. The lowest BCUT2D eigenvalue weighted by Crippen LogP contribution is -2.53. The van der Waals surface area contributed by atoms with Crippen LogP contribution in [0.2, 0.25) is 0 Å². The van der Waals surface area contributed by atoms with Crippen molar-refractivity contribution < 1.29 is 22.7 Å². The number of carbonyl (C=O) groups is 2. The van der Waals surface area contributed by atoms with Crippen LogP contribution >= 0.6 is 15.9 Å². The molecule has 0 aliphatic heterocycles. The molecule has 2 amide bonds. The van der Waals surface area contributed by atoms with E-state index in [0.29, 0.717) is 24.6 Å². The van der Waals surface area contributed by atoms with E-state index in [0.717, 1.165) is 31.7 Å². The van der Waals surface area contributed by atoms with Gasteiger partial charge in [0.05, 0.1) is 11.9 Å². The maximum absolute atomic E-state index is 14.1. The van der Waals surface area contributed by atoms with Crippen molar-refractivity contribution in [1.29, 1.82) is 0 Å². The van der Waals surface area contributed by atoms with Crippen LogP contribution in [0.15, 0.2) is 114 Å². The summed E-state index contributed by atoms with van der Waals surface area (Å²) in [6.45, 7) is 2.19. The number of amides is 2. The van der Waals surface area contributed by atoms with Gasteiger partial charge in [-0.15, -0.1) is 0 Å². The second-order valence-electron chi connectivity index (χ2n) is 10.3. The van der Waals surface area contributed by atoms with Crippen molar-refractivity contribution in [2.24, 2.45) is 0 Å². The highest BCUT2D eigenvalue weighted by molar-refractivity contribution is 9.10. The minimum atomic E-state index is -3.87. The molecule has 0 saturated carbocycles. The van der Waals surface area contributed by atoms with Crippen molar-refractivity contribution in [2.75, 3.05) is 23.7 Å². The lowest BCUT2D eigenvalue weighted by Gasteiger charge is -2.33. The van der Waals surface area contributed by atoms with E-state index in [2.05, 4.69) is 21.2 Å². The minimum Gasteiger partial charge on any atom is -0.489 e. The molecule has 1 N–H and O–H groups in total. The fourth-order valence-electron chi connectivity index (χ4n) is 4.74. The molecule has 0 fully saturated rings. The summed E-state index contributed by atoms with van der Waals surface area (Å²) in [5.41, 5.74) is 2.98. The number of rotatable bonds is 14. The fraction of sp³-hybridized carbons (Fsp3) is 0.235. The standard InChI is InChI=1S/C34H36BrN3O5S/c1-3-36-34(40)32(22-26-11-6-4-7-12-26)37(23-28-15-10-16-29(35)21-28)33(39)24-38(44(2,41)42)30-17-19-31(20-18-30)43-25-27-13-8-5-9-14-27/h4-21,32H,3,22-25H2,1-2H3,(H,36,40). The van der Waals surface area contributed by atoms with Crippen molar-refractivity contribution in [3.05, 3.63) is 130 Å². The van der Waals surface area contributed by atoms with E-state index >= 15 is 0 Å². The van der Waals surface area contributed by atoms with Gasteiger partial charge in [-0.25, -0.2) is 8.42 Å². The van der Waals surface area contributed by atoms with E-state index in [4.69, 9.17) is 4.74 Å². The molecule has 0 aliphatic carbocycles. The van der Waals surface area contributed by atoms with Gasteiger partial charge in [0.2, 0.25) is 21.8 Å². The van der Waals surface area contributed by atoms with Crippen LogP contribution in [0.5, 0.6) is 5.75 Å². The Kier molecular flexibility index (Phi) is 11.6. The number of hydrogen-bond donors (Lipinski definition) is 1. The highest BCUT2D eigenvalue weighted by Gasteiger charge is 2.32. The van der Waals surface area contributed by atoms with E-state index in [1.807, 2.05) is 91.9 Å². The van der Waals surface area contributed by atoms with Crippen LogP contribution in [0.1, 0.15) is 23.6 Å². The molecule has 0 saturated heterocycles. The second-order valence-corrected chi connectivity index (χ2v) is 13.1. The second kappa shape index (κ2) is 15.5. The van der Waals surface area contributed by atoms with Gasteiger partial charge in [-0.3, -0.25) is 13.9 Å². The van der Waals surface area contributed by atoms with Crippen LogP contribution in [-0.4, -0.2) is 50.5 Å². The molecule has 4 aromatic rings. The van der Waals surface area contributed by atoms with E-state index in [-0.39, 0.29) is 18.9 Å². The average molecular weight is 679 g/mol. The molecule has 0 aromatic heterocycles. The van der Waals surface area contributed by atoms with Crippen LogP contribution in [0.3, 0.4) is 0 Å². The molecule has 4 rings (SSSR count). The average Bonchev–Trinajstić information content (AvgIpc) is 3.01. The zero-order chi connectivity index (χ0) is 31.5. The topological polar surface area (TPSA) is 96.0 Å². The minimum absolute atomic E-state index is 0.108. The summed E-state index contributed by atoms with van der Waals surface area (Å²) in [5, 5.41) is 2.86. The van der Waals surface area contributed by atoms with E-state index in [9.17, 15) is 18.0 Å². The molecule has 0 radical (unpaired) electrons. The molecule has 0 bridgehead atoms. The summed E-state index contributed by atoms with van der Waals surface area (Å²) in [7, 11) is -3.87. The molecule has 4 aromatic carbocycles. The molecule has 0 aliphatic rings. The zero-order valence-corrected chi connectivity index (χ0v) is 27.1. The lowest BCUT2D eigenvalue weighted by atomic mass is 10.0. The number of halogens is 1. The van der Waals surface area contributed by atoms with Crippen molar-refractivity contribution in [3.8, 4) is 5.75 Å². The van der Waals surface area contributed by atoms with Gasteiger partial charge in [0, 0.05) is 24.0 Å². The number of nitrogens with zero attached hydrogens (tertiary/aromatic N) is 2. The Bertz CT molecular complexity index is 1630. The van der Waals surface area contributed by atoms with Gasteiger partial charge >= 0.3 is 0 Å². The maximum atomic E-state index is 14.1. The summed E-state index contributed by atoms with van der Waals surface area (Å²) in [6, 6.07) is 32.3. The predicted molar refractivity (Wildman–Crippen MR) is 177 cm³/mol. The number of hydrogen-bond acceptors (Lipinski definition) is 5. The van der Waals surface area contributed by atoms with E-state index in [1.54, 1.807) is 24.3 Å². The SMILES string of the molecule is CCNC(=O)C(Cc1ccccc1)N(Cc1cccc(Br)c1)C(=O)CN(c1ccc(OCc2ccccc2)cc1)S(C)(=O)=O. The normalized spacial score (nSPS) is 11.8. The molecule has 10 heteroatoms. The molecular formula is C34H36BrN3O5S. The molecular weight excluding hydrogens is 642 g/mol. The van der Waals surface area contributed by atoms with Gasteiger partial charge < -0.3 is 15.0 Å². The van der Waals surface area contributed by atoms with Crippen LogP contribution < -0.4 is 14.4 Å². The number of anilines is 1. The smallest absolute Gasteiger partial charge is 0.244 e. The zero-order valence-electron chi connectivity index (χ0n) is 24.7. The van der Waals surface area contributed by atoms with Gasteiger partial charge in [0.25, 0.3) is 0 Å². The van der Waals surface area contributed by atoms with Gasteiger partial charge in [-0.1, -0.05) is 88.7 Å².